The Kier molecular flexibility index (Phi) is 4.68. The van der Waals surface area contributed by atoms with Gasteiger partial charge < -0.3 is 14.8 Å². The first-order valence-electron chi connectivity index (χ1n) is 9.03. The number of H-pyrrole nitrogens is 1. The van der Waals surface area contributed by atoms with Gasteiger partial charge in [0.1, 0.15) is 11.6 Å². The zero-order valence-electron chi connectivity index (χ0n) is 15.3. The molecule has 5 nitrogen and oxygen atoms in total. The number of nitrogens with one attached hydrogen (secondary N) is 1. The Hall–Kier alpha value is -3.06. The minimum Gasteiger partial charge on any atom is -0.336 e. The van der Waals surface area contributed by atoms with Crippen LogP contribution in [0.1, 0.15) is 10.4 Å². The van der Waals surface area contributed by atoms with Gasteiger partial charge in [0.2, 0.25) is 0 Å². The lowest BCUT2D eigenvalue weighted by Gasteiger charge is -2.32. The first kappa shape index (κ1) is 18.3. The van der Waals surface area contributed by atoms with Gasteiger partial charge in [-0.3, -0.25) is 9.59 Å². The number of amides is 1. The second-order valence-corrected chi connectivity index (χ2v) is 7.03. The molecule has 144 valence electrons. The van der Waals surface area contributed by atoms with Crippen LogP contribution in [0.15, 0.2) is 47.3 Å². The number of hydrogen-bond acceptors (Lipinski definition) is 3. The van der Waals surface area contributed by atoms with Crippen molar-refractivity contribution in [3.05, 3.63) is 70.0 Å². The van der Waals surface area contributed by atoms with Gasteiger partial charge >= 0.3 is 0 Å². The average molecular weight is 383 g/mol. The number of nitrogens with zero attached hydrogens (tertiary/aromatic N) is 2. The number of carbonyl (C=O) groups is 1. The Morgan fingerprint density at radius 1 is 0.964 bits per heavy atom. The summed E-state index contributed by atoms with van der Waals surface area (Å²) in [6.07, 6.45) is 0. The zero-order chi connectivity index (χ0) is 19.8. The molecule has 2 aromatic carbocycles. The number of likely N-dealkylation sites (N-methyl/N-ethyl adjacent to an activating group) is 1. The van der Waals surface area contributed by atoms with Crippen molar-refractivity contribution in [3.63, 3.8) is 0 Å². The second kappa shape index (κ2) is 7.16. The van der Waals surface area contributed by atoms with E-state index in [2.05, 4.69) is 9.88 Å². The molecule has 0 radical (unpaired) electrons. The number of halogens is 2. The first-order chi connectivity index (χ1) is 13.4. The van der Waals surface area contributed by atoms with Crippen molar-refractivity contribution < 1.29 is 13.6 Å². The molecule has 0 spiro atoms. The van der Waals surface area contributed by atoms with Crippen molar-refractivity contribution in [2.45, 2.75) is 0 Å². The second-order valence-electron chi connectivity index (χ2n) is 7.03. The van der Waals surface area contributed by atoms with E-state index in [-0.39, 0.29) is 16.7 Å². The third-order valence-corrected chi connectivity index (χ3v) is 5.11. The van der Waals surface area contributed by atoms with Gasteiger partial charge in [0.15, 0.2) is 0 Å². The van der Waals surface area contributed by atoms with E-state index in [1.165, 1.54) is 6.07 Å². The predicted octanol–water partition coefficient (Wildman–Crippen LogP) is 2.86. The summed E-state index contributed by atoms with van der Waals surface area (Å²) < 4.78 is 27.4. The van der Waals surface area contributed by atoms with Crippen molar-refractivity contribution in [2.75, 3.05) is 33.2 Å². The number of carbonyl (C=O) groups excluding carboxylic acids is 1. The quantitative estimate of drug-likeness (QED) is 0.740. The van der Waals surface area contributed by atoms with Gasteiger partial charge in [-0.05, 0) is 36.9 Å². The van der Waals surface area contributed by atoms with Crippen LogP contribution in [0.5, 0.6) is 0 Å². The number of piperazine rings is 1. The topological polar surface area (TPSA) is 56.4 Å². The standard InChI is InChI=1S/C21H19F2N3O2/c1-25-6-8-26(9-7-25)21(28)14-4-2-13(3-5-14)19-12-16-17(20(27)24-19)10-15(22)11-18(16)23/h2-5,10-12H,6-9H2,1H3,(H,24,27). The molecule has 7 heteroatoms. The van der Waals surface area contributed by atoms with Crippen molar-refractivity contribution in [1.29, 1.82) is 0 Å². The summed E-state index contributed by atoms with van der Waals surface area (Å²) in [4.78, 5) is 31.5. The molecule has 0 bridgehead atoms. The van der Waals surface area contributed by atoms with Crippen LogP contribution in [0.25, 0.3) is 22.0 Å². The third-order valence-electron chi connectivity index (χ3n) is 5.11. The summed E-state index contributed by atoms with van der Waals surface area (Å²) in [6, 6.07) is 10.0. The summed E-state index contributed by atoms with van der Waals surface area (Å²) >= 11 is 0. The van der Waals surface area contributed by atoms with Crippen LogP contribution >= 0.6 is 0 Å². The molecular weight excluding hydrogens is 364 g/mol. The fourth-order valence-corrected chi connectivity index (χ4v) is 3.43. The summed E-state index contributed by atoms with van der Waals surface area (Å²) in [7, 11) is 2.03. The Balaban J connectivity index is 1.64. The van der Waals surface area contributed by atoms with Gasteiger partial charge in [-0.25, -0.2) is 8.78 Å². The van der Waals surface area contributed by atoms with Gasteiger partial charge in [0, 0.05) is 48.9 Å². The van der Waals surface area contributed by atoms with E-state index in [9.17, 15) is 18.4 Å². The molecule has 1 N–H and O–H groups in total. The van der Waals surface area contributed by atoms with Crippen LogP contribution < -0.4 is 5.56 Å². The fraction of sp³-hybridized carbons (Fsp3) is 0.238. The van der Waals surface area contributed by atoms with Crippen molar-refractivity contribution in [1.82, 2.24) is 14.8 Å². The van der Waals surface area contributed by atoms with Crippen molar-refractivity contribution >= 4 is 16.7 Å². The normalized spacial score (nSPS) is 15.2. The lowest BCUT2D eigenvalue weighted by atomic mass is 10.0. The Morgan fingerprint density at radius 2 is 1.64 bits per heavy atom. The van der Waals surface area contributed by atoms with Crippen LogP contribution in [-0.4, -0.2) is 53.9 Å². The number of aromatic nitrogens is 1. The number of aromatic amines is 1. The fourth-order valence-electron chi connectivity index (χ4n) is 3.43. The minimum atomic E-state index is -0.796. The van der Waals surface area contributed by atoms with Crippen LogP contribution in [0.4, 0.5) is 8.78 Å². The predicted molar refractivity (Wildman–Crippen MR) is 103 cm³/mol. The SMILES string of the molecule is CN1CCN(C(=O)c2ccc(-c3cc4c(F)cc(F)cc4c(=O)[nH]3)cc2)CC1. The van der Waals surface area contributed by atoms with Gasteiger partial charge in [-0.1, -0.05) is 12.1 Å². The maximum Gasteiger partial charge on any atom is 0.256 e. The number of fused-ring (bicyclic) bond motifs is 1. The maximum absolute atomic E-state index is 14.1. The van der Waals surface area contributed by atoms with Crippen LogP contribution in [0, 0.1) is 11.6 Å². The molecule has 0 atom stereocenters. The molecule has 1 aliphatic rings. The highest BCUT2D eigenvalue weighted by molar-refractivity contribution is 5.95. The largest absolute Gasteiger partial charge is 0.336 e. The van der Waals surface area contributed by atoms with Gasteiger partial charge in [0.05, 0.1) is 5.39 Å². The van der Waals surface area contributed by atoms with E-state index >= 15 is 0 Å². The van der Waals surface area contributed by atoms with E-state index in [4.69, 9.17) is 0 Å². The summed E-state index contributed by atoms with van der Waals surface area (Å²) in [5.41, 5.74) is 1.03. The molecule has 0 aliphatic carbocycles. The van der Waals surface area contributed by atoms with E-state index in [1.807, 2.05) is 11.9 Å². The summed E-state index contributed by atoms with van der Waals surface area (Å²) in [6.45, 7) is 3.05. The molecule has 1 aromatic heterocycles. The third kappa shape index (κ3) is 3.41. The highest BCUT2D eigenvalue weighted by atomic mass is 19.1. The van der Waals surface area contributed by atoms with Crippen molar-refractivity contribution in [2.24, 2.45) is 0 Å². The molecule has 3 aromatic rings. The van der Waals surface area contributed by atoms with Gasteiger partial charge in [-0.15, -0.1) is 0 Å². The van der Waals surface area contributed by atoms with Crippen molar-refractivity contribution in [3.8, 4) is 11.3 Å². The smallest absolute Gasteiger partial charge is 0.256 e. The molecule has 1 saturated heterocycles. The maximum atomic E-state index is 14.1. The first-order valence-corrected chi connectivity index (χ1v) is 9.03. The number of hydrogen-bond donors (Lipinski definition) is 1. The molecule has 4 rings (SSSR count). The molecule has 1 amide bonds. The number of pyridine rings is 1. The van der Waals surface area contributed by atoms with Gasteiger partial charge in [-0.2, -0.15) is 0 Å². The Bertz CT molecular complexity index is 1100. The summed E-state index contributed by atoms with van der Waals surface area (Å²) in [5, 5.41) is 0.0147. The van der Waals surface area contributed by atoms with Crippen LogP contribution in [0.2, 0.25) is 0 Å². The highest BCUT2D eigenvalue weighted by Gasteiger charge is 2.20. The number of benzene rings is 2. The molecule has 1 aliphatic heterocycles. The molecule has 2 heterocycles. The number of rotatable bonds is 2. The lowest BCUT2D eigenvalue weighted by Crippen LogP contribution is -2.47. The van der Waals surface area contributed by atoms with E-state index in [0.29, 0.717) is 29.9 Å². The minimum absolute atomic E-state index is 0.0341. The van der Waals surface area contributed by atoms with Crippen LogP contribution in [0.3, 0.4) is 0 Å². The van der Waals surface area contributed by atoms with E-state index < -0.39 is 17.2 Å². The zero-order valence-corrected chi connectivity index (χ0v) is 15.3. The molecule has 28 heavy (non-hydrogen) atoms. The highest BCUT2D eigenvalue weighted by Crippen LogP contribution is 2.23. The Morgan fingerprint density at radius 3 is 2.32 bits per heavy atom. The molecule has 1 fully saturated rings. The molecule has 0 saturated carbocycles. The molecule has 0 unspecified atom stereocenters. The monoisotopic (exact) mass is 383 g/mol. The van der Waals surface area contributed by atoms with E-state index in [0.717, 1.165) is 25.2 Å². The Labute approximate surface area is 160 Å². The van der Waals surface area contributed by atoms with E-state index in [1.54, 1.807) is 24.3 Å². The van der Waals surface area contributed by atoms with Crippen LogP contribution in [-0.2, 0) is 0 Å². The molecular formula is C21H19F2N3O2. The van der Waals surface area contributed by atoms with Gasteiger partial charge in [0.25, 0.3) is 11.5 Å². The summed E-state index contributed by atoms with van der Waals surface area (Å²) in [5.74, 6) is -1.62. The average Bonchev–Trinajstić information content (AvgIpc) is 2.69. The lowest BCUT2D eigenvalue weighted by molar-refractivity contribution is 0.0664.